The third kappa shape index (κ3) is 1.80. The van der Waals surface area contributed by atoms with Gasteiger partial charge < -0.3 is 0 Å². The molecule has 0 aliphatic carbocycles. The molecule has 0 aliphatic heterocycles. The van der Waals surface area contributed by atoms with E-state index in [1.165, 1.54) is 18.7 Å². The van der Waals surface area contributed by atoms with Gasteiger partial charge in [0, 0.05) is 30.2 Å². The lowest BCUT2D eigenvalue weighted by Crippen LogP contribution is -2.22. The van der Waals surface area contributed by atoms with E-state index in [0.29, 0.717) is 5.56 Å². The third-order valence-electron chi connectivity index (χ3n) is 2.54. The number of carbonyl (C=O) groups is 1. The second-order valence-electron chi connectivity index (χ2n) is 3.69. The van der Waals surface area contributed by atoms with Crippen LogP contribution in [-0.2, 0) is 0 Å². The maximum Gasteiger partial charge on any atom is 0.273 e. The van der Waals surface area contributed by atoms with Crippen molar-refractivity contribution in [2.24, 2.45) is 0 Å². The van der Waals surface area contributed by atoms with Crippen molar-refractivity contribution in [2.75, 3.05) is 5.43 Å². The van der Waals surface area contributed by atoms with Crippen molar-refractivity contribution >= 4 is 16.8 Å². The fourth-order valence-electron chi connectivity index (χ4n) is 1.66. The van der Waals surface area contributed by atoms with Gasteiger partial charge in [0.2, 0.25) is 0 Å². The minimum Gasteiger partial charge on any atom is -0.267 e. The van der Waals surface area contributed by atoms with E-state index >= 15 is 0 Å². The number of amides is 1. The highest BCUT2D eigenvalue weighted by Crippen LogP contribution is 2.12. The number of carbonyl (C=O) groups excluding carboxylic acids is 1. The predicted molar refractivity (Wildman–Crippen MR) is 65.5 cm³/mol. The number of hydrogen-bond acceptors (Lipinski definition) is 4. The Morgan fingerprint density at radius 1 is 1.11 bits per heavy atom. The standard InChI is InChI=1S/C12H9N5O/c18-12(10-5-14-8-15-6-10)16-17-4-2-9-1-3-13-7-11(9)17/h1-8H,(H,16,18). The van der Waals surface area contributed by atoms with Crippen LogP contribution in [0.25, 0.3) is 10.9 Å². The maximum atomic E-state index is 11.9. The lowest BCUT2D eigenvalue weighted by atomic mass is 10.3. The van der Waals surface area contributed by atoms with E-state index in [-0.39, 0.29) is 5.91 Å². The van der Waals surface area contributed by atoms with Gasteiger partial charge in [0.1, 0.15) is 6.33 Å². The summed E-state index contributed by atoms with van der Waals surface area (Å²) in [7, 11) is 0. The van der Waals surface area contributed by atoms with Crippen LogP contribution in [0.3, 0.4) is 0 Å². The van der Waals surface area contributed by atoms with Gasteiger partial charge in [-0.2, -0.15) is 0 Å². The van der Waals surface area contributed by atoms with Crippen molar-refractivity contribution in [1.29, 1.82) is 0 Å². The molecule has 0 aliphatic rings. The number of nitrogens with zero attached hydrogens (tertiary/aromatic N) is 4. The number of aromatic nitrogens is 4. The second-order valence-corrected chi connectivity index (χ2v) is 3.69. The summed E-state index contributed by atoms with van der Waals surface area (Å²) in [6.07, 6.45) is 9.48. The Hall–Kier alpha value is -2.76. The van der Waals surface area contributed by atoms with Crippen LogP contribution >= 0.6 is 0 Å². The van der Waals surface area contributed by atoms with Gasteiger partial charge in [-0.05, 0) is 12.1 Å². The van der Waals surface area contributed by atoms with Crippen molar-refractivity contribution in [3.63, 3.8) is 0 Å². The molecule has 6 nitrogen and oxygen atoms in total. The summed E-state index contributed by atoms with van der Waals surface area (Å²) >= 11 is 0. The van der Waals surface area contributed by atoms with Crippen molar-refractivity contribution in [3.8, 4) is 0 Å². The average molecular weight is 239 g/mol. The Balaban J connectivity index is 1.91. The Morgan fingerprint density at radius 2 is 1.94 bits per heavy atom. The first-order chi connectivity index (χ1) is 8.84. The number of pyridine rings is 1. The van der Waals surface area contributed by atoms with Crippen LogP contribution in [0, 0.1) is 0 Å². The number of fused-ring (bicyclic) bond motifs is 1. The molecule has 0 saturated carbocycles. The van der Waals surface area contributed by atoms with Gasteiger partial charge in [-0.15, -0.1) is 0 Å². The Bertz CT molecular complexity index is 692. The molecule has 0 unspecified atom stereocenters. The molecule has 0 saturated heterocycles. The molecule has 3 heterocycles. The van der Waals surface area contributed by atoms with Crippen molar-refractivity contribution < 1.29 is 4.79 Å². The minimum absolute atomic E-state index is 0.267. The summed E-state index contributed by atoms with van der Waals surface area (Å²) in [5.41, 5.74) is 3.98. The summed E-state index contributed by atoms with van der Waals surface area (Å²) < 4.78 is 1.62. The van der Waals surface area contributed by atoms with Gasteiger partial charge in [0.05, 0.1) is 17.3 Å². The van der Waals surface area contributed by atoms with E-state index < -0.39 is 0 Å². The molecule has 3 aromatic heterocycles. The molecule has 0 radical (unpaired) electrons. The van der Waals surface area contributed by atoms with Crippen LogP contribution in [0.1, 0.15) is 10.4 Å². The first-order valence-electron chi connectivity index (χ1n) is 5.32. The summed E-state index contributed by atoms with van der Waals surface area (Å²) in [5.74, 6) is -0.267. The van der Waals surface area contributed by atoms with E-state index in [1.807, 2.05) is 12.1 Å². The zero-order valence-corrected chi connectivity index (χ0v) is 9.32. The van der Waals surface area contributed by atoms with Crippen LogP contribution in [-0.4, -0.2) is 25.5 Å². The molecule has 3 aromatic rings. The molecular formula is C12H9N5O. The van der Waals surface area contributed by atoms with Gasteiger partial charge >= 0.3 is 0 Å². The molecule has 0 fully saturated rings. The van der Waals surface area contributed by atoms with E-state index in [9.17, 15) is 4.79 Å². The SMILES string of the molecule is O=C(Nn1ccc2ccncc21)c1cncnc1. The molecule has 0 aromatic carbocycles. The molecule has 88 valence electrons. The first kappa shape index (κ1) is 10.4. The molecule has 1 amide bonds. The Kier molecular flexibility index (Phi) is 2.45. The molecule has 3 rings (SSSR count). The average Bonchev–Trinajstić information content (AvgIpc) is 2.83. The summed E-state index contributed by atoms with van der Waals surface area (Å²) in [4.78, 5) is 23.6. The van der Waals surface area contributed by atoms with Crippen molar-refractivity contribution in [3.05, 3.63) is 55.0 Å². The Labute approximate surface area is 102 Å². The van der Waals surface area contributed by atoms with Crippen LogP contribution in [0.15, 0.2) is 49.4 Å². The molecule has 0 bridgehead atoms. The fourth-order valence-corrected chi connectivity index (χ4v) is 1.66. The maximum absolute atomic E-state index is 11.9. The predicted octanol–water partition coefficient (Wildman–Crippen LogP) is 1.21. The minimum atomic E-state index is -0.267. The molecular weight excluding hydrogens is 230 g/mol. The van der Waals surface area contributed by atoms with Gasteiger partial charge in [-0.25, -0.2) is 9.97 Å². The topological polar surface area (TPSA) is 72.7 Å². The van der Waals surface area contributed by atoms with E-state index in [2.05, 4.69) is 20.4 Å². The zero-order valence-electron chi connectivity index (χ0n) is 9.32. The molecule has 18 heavy (non-hydrogen) atoms. The zero-order chi connectivity index (χ0) is 12.4. The lowest BCUT2D eigenvalue weighted by molar-refractivity contribution is 0.101. The van der Waals surface area contributed by atoms with Gasteiger partial charge in [0.15, 0.2) is 0 Å². The molecule has 1 N–H and O–H groups in total. The van der Waals surface area contributed by atoms with Gasteiger partial charge in [-0.1, -0.05) is 0 Å². The number of rotatable bonds is 2. The molecule has 0 atom stereocenters. The normalized spacial score (nSPS) is 10.4. The summed E-state index contributed by atoms with van der Waals surface area (Å²) in [5, 5.41) is 1.01. The summed E-state index contributed by atoms with van der Waals surface area (Å²) in [6, 6.07) is 3.78. The van der Waals surface area contributed by atoms with E-state index in [0.717, 1.165) is 10.9 Å². The van der Waals surface area contributed by atoms with E-state index in [1.54, 1.807) is 23.3 Å². The highest BCUT2D eigenvalue weighted by Gasteiger charge is 2.07. The van der Waals surface area contributed by atoms with Crippen molar-refractivity contribution in [1.82, 2.24) is 19.6 Å². The quantitative estimate of drug-likeness (QED) is 0.729. The first-order valence-corrected chi connectivity index (χ1v) is 5.32. The highest BCUT2D eigenvalue weighted by atomic mass is 16.2. The summed E-state index contributed by atoms with van der Waals surface area (Å²) in [6.45, 7) is 0. The van der Waals surface area contributed by atoms with Gasteiger partial charge in [-0.3, -0.25) is 19.9 Å². The molecule has 6 heteroatoms. The smallest absolute Gasteiger partial charge is 0.267 e. The van der Waals surface area contributed by atoms with Crippen LogP contribution in [0.4, 0.5) is 0 Å². The monoisotopic (exact) mass is 239 g/mol. The van der Waals surface area contributed by atoms with Crippen LogP contribution in [0.5, 0.6) is 0 Å². The lowest BCUT2D eigenvalue weighted by Gasteiger charge is -2.06. The largest absolute Gasteiger partial charge is 0.273 e. The van der Waals surface area contributed by atoms with Gasteiger partial charge in [0.25, 0.3) is 5.91 Å². The number of hydrogen-bond donors (Lipinski definition) is 1. The Morgan fingerprint density at radius 3 is 2.78 bits per heavy atom. The van der Waals surface area contributed by atoms with Crippen molar-refractivity contribution in [2.45, 2.75) is 0 Å². The third-order valence-corrected chi connectivity index (χ3v) is 2.54. The highest BCUT2D eigenvalue weighted by molar-refractivity contribution is 6.00. The van der Waals surface area contributed by atoms with Crippen LogP contribution < -0.4 is 5.43 Å². The molecule has 0 spiro atoms. The number of nitrogens with one attached hydrogen (secondary N) is 1. The fraction of sp³-hybridized carbons (Fsp3) is 0. The van der Waals surface area contributed by atoms with Crippen LogP contribution in [0.2, 0.25) is 0 Å². The second kappa shape index (κ2) is 4.25. The van der Waals surface area contributed by atoms with E-state index in [4.69, 9.17) is 0 Å².